The van der Waals surface area contributed by atoms with E-state index in [4.69, 9.17) is 0 Å². The van der Waals surface area contributed by atoms with Crippen LogP contribution >= 0.6 is 0 Å². The van der Waals surface area contributed by atoms with E-state index in [2.05, 4.69) is 0 Å². The van der Waals surface area contributed by atoms with Gasteiger partial charge in [0.15, 0.2) is 0 Å². The molecule has 0 heterocycles. The van der Waals surface area contributed by atoms with Gasteiger partial charge in [-0.05, 0) is 0 Å². The summed E-state index contributed by atoms with van der Waals surface area (Å²) in [6, 6.07) is 0. The molecular formula is Pb3Pr. The Labute approximate surface area is 120 Å². The van der Waals surface area contributed by atoms with Crippen LogP contribution in [0.15, 0.2) is 0 Å². The van der Waals surface area contributed by atoms with Gasteiger partial charge in [0.05, 0.1) is 0 Å². The second kappa shape index (κ2) is 15.7. The van der Waals surface area contributed by atoms with Crippen molar-refractivity contribution in [3.8, 4) is 0 Å². The maximum atomic E-state index is 0. The number of hydrogen-bond acceptors (Lipinski definition) is 0. The molecule has 0 amide bonds. The van der Waals surface area contributed by atoms with Gasteiger partial charge in [0.2, 0.25) is 0 Å². The molecule has 0 fully saturated rings. The minimum Gasteiger partial charge on any atom is 0 e. The van der Waals surface area contributed by atoms with Gasteiger partial charge >= 0.3 is 0 Å². The monoisotopic (exact) mass is 765 g/mol. The van der Waals surface area contributed by atoms with Crippen LogP contribution in [0, 0.1) is 41.3 Å². The molecule has 0 saturated carbocycles. The fraction of sp³-hybridized carbons (Fsp3) is 0. The van der Waals surface area contributed by atoms with Crippen molar-refractivity contribution in [2.75, 3.05) is 0 Å². The summed E-state index contributed by atoms with van der Waals surface area (Å²) in [7, 11) is 0. The third-order valence-corrected chi connectivity index (χ3v) is 0. The third kappa shape index (κ3) is 9.46. The maximum Gasteiger partial charge on any atom is 0 e. The Morgan fingerprint density at radius 3 is 0.500 bits per heavy atom. The quantitative estimate of drug-likeness (QED) is 0.274. The molecule has 0 saturated heterocycles. The summed E-state index contributed by atoms with van der Waals surface area (Å²) in [5.74, 6) is 0. The second-order valence-corrected chi connectivity index (χ2v) is 0. The smallest absolute Gasteiger partial charge is 0 e. The van der Waals surface area contributed by atoms with Gasteiger partial charge in [-0.25, -0.2) is 0 Å². The molecule has 0 bridgehead atoms. The largest absolute Gasteiger partial charge is 0 e. The van der Waals surface area contributed by atoms with Gasteiger partial charge in [0.25, 0.3) is 0 Å². The van der Waals surface area contributed by atoms with Crippen LogP contribution in [0.1, 0.15) is 0 Å². The van der Waals surface area contributed by atoms with Crippen LogP contribution in [0.25, 0.3) is 0 Å². The van der Waals surface area contributed by atoms with Crippen LogP contribution in [0.4, 0.5) is 0 Å². The first-order chi connectivity index (χ1) is 0. The van der Waals surface area contributed by atoms with Crippen LogP contribution < -0.4 is 0 Å². The molecule has 4 heteroatoms. The van der Waals surface area contributed by atoms with Gasteiger partial charge in [-0.2, -0.15) is 0 Å². The van der Waals surface area contributed by atoms with Crippen molar-refractivity contribution in [1.82, 2.24) is 0 Å². The zero-order valence-electron chi connectivity index (χ0n) is 2.08. The topological polar surface area (TPSA) is 0 Å². The van der Waals surface area contributed by atoms with Gasteiger partial charge in [0, 0.05) is 123 Å². The van der Waals surface area contributed by atoms with Crippen molar-refractivity contribution in [1.29, 1.82) is 0 Å². The maximum absolute atomic E-state index is 0. The molecule has 15 valence electrons. The summed E-state index contributed by atoms with van der Waals surface area (Å²) in [6.45, 7) is 0. The zero-order valence-corrected chi connectivity index (χ0v) is 17.4. The molecule has 0 spiro atoms. The zero-order chi connectivity index (χ0) is 0. The molecule has 0 atom stereocenters. The molecule has 0 aliphatic heterocycles. The van der Waals surface area contributed by atoms with E-state index in [0.717, 1.165) is 0 Å². The Morgan fingerprint density at radius 1 is 0.500 bits per heavy atom. The van der Waals surface area contributed by atoms with E-state index in [9.17, 15) is 0 Å². The molecule has 0 unspecified atom stereocenters. The van der Waals surface area contributed by atoms with Gasteiger partial charge in [0.1, 0.15) is 0 Å². The first-order valence-corrected chi connectivity index (χ1v) is 0. The molecule has 13 radical (unpaired) electrons. The normalized spacial score (nSPS) is 0. The van der Waals surface area contributed by atoms with E-state index in [1.165, 1.54) is 0 Å². The Hall–Kier alpha value is 4.13. The van der Waals surface area contributed by atoms with Crippen molar-refractivity contribution >= 4 is 81.9 Å². The molecule has 0 aromatic carbocycles. The molecule has 0 N–H and O–H groups in total. The summed E-state index contributed by atoms with van der Waals surface area (Å²) >= 11 is 0. The van der Waals surface area contributed by atoms with E-state index in [1.54, 1.807) is 0 Å². The SMILES string of the molecule is [Pb].[Pb].[Pb].[Pr]. The molecular weight excluding hydrogens is 763 g/mol. The average molecular weight is 763 g/mol. The van der Waals surface area contributed by atoms with Crippen LogP contribution in [-0.2, 0) is 0 Å². The fourth-order valence-electron chi connectivity index (χ4n) is 0. The molecule has 0 aromatic rings. The predicted octanol–water partition coefficient (Wildman–Crippen LogP) is -1.14. The fourth-order valence-corrected chi connectivity index (χ4v) is 0. The Balaban J connectivity index is 0. The van der Waals surface area contributed by atoms with Gasteiger partial charge in [-0.1, -0.05) is 0 Å². The molecule has 0 aliphatic carbocycles. The summed E-state index contributed by atoms with van der Waals surface area (Å²) in [5, 5.41) is 0. The molecule has 0 nitrogen and oxygen atoms in total. The number of rotatable bonds is 0. The average Bonchev–Trinajstić information content (AvgIpc) is 0. The van der Waals surface area contributed by atoms with Crippen molar-refractivity contribution < 1.29 is 41.3 Å². The van der Waals surface area contributed by atoms with Crippen LogP contribution in [0.3, 0.4) is 0 Å². The van der Waals surface area contributed by atoms with Gasteiger partial charge in [-0.15, -0.1) is 0 Å². The van der Waals surface area contributed by atoms with Crippen molar-refractivity contribution in [3.63, 3.8) is 0 Å². The summed E-state index contributed by atoms with van der Waals surface area (Å²) in [6.07, 6.45) is 0. The van der Waals surface area contributed by atoms with Crippen LogP contribution in [0.2, 0.25) is 0 Å². The summed E-state index contributed by atoms with van der Waals surface area (Å²) < 4.78 is 0. The van der Waals surface area contributed by atoms with Crippen molar-refractivity contribution in [2.24, 2.45) is 0 Å². The van der Waals surface area contributed by atoms with E-state index < -0.39 is 0 Å². The summed E-state index contributed by atoms with van der Waals surface area (Å²) in [5.41, 5.74) is 0. The minimum absolute atomic E-state index is 0. The van der Waals surface area contributed by atoms with E-state index in [1.807, 2.05) is 0 Å². The first kappa shape index (κ1) is 24.2. The van der Waals surface area contributed by atoms with Crippen LogP contribution in [0.5, 0.6) is 0 Å². The predicted molar refractivity (Wildman–Crippen MR) is 17.3 cm³/mol. The van der Waals surface area contributed by atoms with Crippen molar-refractivity contribution in [2.45, 2.75) is 0 Å². The Morgan fingerprint density at radius 2 is 0.500 bits per heavy atom. The van der Waals surface area contributed by atoms with Crippen molar-refractivity contribution in [3.05, 3.63) is 0 Å². The third-order valence-electron chi connectivity index (χ3n) is 0. The van der Waals surface area contributed by atoms with Crippen LogP contribution in [-0.4, -0.2) is 81.9 Å². The first-order valence-electron chi connectivity index (χ1n) is 0. The molecule has 0 rings (SSSR count). The molecule has 0 aliphatic rings. The molecule has 4 heavy (non-hydrogen) atoms. The standard InChI is InChI=1S/3Pb.Pr. The van der Waals surface area contributed by atoms with E-state index in [0.29, 0.717) is 0 Å². The van der Waals surface area contributed by atoms with Gasteiger partial charge in [-0.3, -0.25) is 0 Å². The summed E-state index contributed by atoms with van der Waals surface area (Å²) in [4.78, 5) is 0. The minimum atomic E-state index is 0. The Bertz CT molecular complexity index is 3.25. The Kier molecular flexibility index (Phi) is 95.2. The van der Waals surface area contributed by atoms with E-state index in [-0.39, 0.29) is 123 Å². The van der Waals surface area contributed by atoms with Gasteiger partial charge < -0.3 is 0 Å². The van der Waals surface area contributed by atoms with E-state index >= 15 is 0 Å². The molecule has 0 aromatic heterocycles. The number of hydrogen-bond donors (Lipinski definition) is 0. The second-order valence-electron chi connectivity index (χ2n) is 0.